The van der Waals surface area contributed by atoms with Crippen molar-refractivity contribution in [1.29, 1.82) is 0 Å². The van der Waals surface area contributed by atoms with E-state index in [0.29, 0.717) is 12.8 Å². The minimum absolute atomic E-state index is 0.00980. The number of amides is 1. The third-order valence-electron chi connectivity index (χ3n) is 5.21. The van der Waals surface area contributed by atoms with Crippen LogP contribution in [0.5, 0.6) is 0 Å². The Morgan fingerprint density at radius 2 is 1.76 bits per heavy atom. The lowest BCUT2D eigenvalue weighted by atomic mass is 9.79. The second kappa shape index (κ2) is 4.58. The Hall–Kier alpha value is -1.84. The third-order valence-corrected chi connectivity index (χ3v) is 5.21. The first-order chi connectivity index (χ1) is 9.87. The number of carboxylic acid groups (broad SMARTS) is 1. The molecular formula is C17H21NO3. The van der Waals surface area contributed by atoms with Crippen molar-refractivity contribution in [2.45, 2.75) is 44.6 Å². The molecule has 21 heavy (non-hydrogen) atoms. The highest BCUT2D eigenvalue weighted by Crippen LogP contribution is 2.64. The number of carboxylic acids is 1. The number of hydrogen-bond acceptors (Lipinski definition) is 2. The van der Waals surface area contributed by atoms with Crippen LogP contribution < -0.4 is 5.32 Å². The lowest BCUT2D eigenvalue weighted by Gasteiger charge is -2.34. The molecule has 4 heteroatoms. The number of carbonyl (C=O) groups is 2. The normalized spacial score (nSPS) is 32.9. The number of hydrogen-bond donors (Lipinski definition) is 2. The van der Waals surface area contributed by atoms with Crippen LogP contribution in [0.4, 0.5) is 0 Å². The average Bonchev–Trinajstić information content (AvgIpc) is 2.98. The minimum Gasteiger partial charge on any atom is -0.481 e. The van der Waals surface area contributed by atoms with Gasteiger partial charge in [-0.15, -0.1) is 0 Å². The van der Waals surface area contributed by atoms with Crippen molar-refractivity contribution < 1.29 is 14.7 Å². The molecule has 2 aliphatic rings. The molecule has 2 N–H and O–H groups in total. The Morgan fingerprint density at radius 3 is 2.24 bits per heavy atom. The molecule has 1 aromatic rings. The Kier molecular flexibility index (Phi) is 3.08. The zero-order chi connectivity index (χ0) is 15.3. The molecule has 0 aliphatic heterocycles. The van der Waals surface area contributed by atoms with Gasteiger partial charge in [-0.25, -0.2) is 0 Å². The second-order valence-corrected chi connectivity index (χ2v) is 7.01. The van der Waals surface area contributed by atoms with Crippen LogP contribution in [0, 0.1) is 11.3 Å². The van der Waals surface area contributed by atoms with E-state index in [4.69, 9.17) is 5.11 Å². The van der Waals surface area contributed by atoms with Gasteiger partial charge in [0.1, 0.15) is 0 Å². The fourth-order valence-electron chi connectivity index (χ4n) is 3.60. The molecule has 4 nitrogen and oxygen atoms in total. The minimum atomic E-state index is -0.759. The molecule has 112 valence electrons. The van der Waals surface area contributed by atoms with E-state index < -0.39 is 11.4 Å². The SMILES string of the molecule is CC1(C)C[C@@]1(C(=O)NC1CC(C(=O)O)C1)c1ccccc1. The predicted molar refractivity (Wildman–Crippen MR) is 78.8 cm³/mol. The van der Waals surface area contributed by atoms with Gasteiger partial charge in [0.15, 0.2) is 0 Å². The summed E-state index contributed by atoms with van der Waals surface area (Å²) in [4.78, 5) is 23.6. The van der Waals surface area contributed by atoms with E-state index in [-0.39, 0.29) is 23.3 Å². The topological polar surface area (TPSA) is 66.4 Å². The van der Waals surface area contributed by atoms with E-state index in [2.05, 4.69) is 19.2 Å². The highest BCUT2D eigenvalue weighted by atomic mass is 16.4. The smallest absolute Gasteiger partial charge is 0.306 e. The van der Waals surface area contributed by atoms with Gasteiger partial charge in [-0.05, 0) is 30.2 Å². The number of nitrogens with one attached hydrogen (secondary N) is 1. The molecule has 2 fully saturated rings. The molecule has 0 aromatic heterocycles. The van der Waals surface area contributed by atoms with Crippen LogP contribution in [0.2, 0.25) is 0 Å². The predicted octanol–water partition coefficient (Wildman–Crippen LogP) is 2.33. The molecule has 1 aromatic carbocycles. The zero-order valence-electron chi connectivity index (χ0n) is 12.4. The molecule has 1 atom stereocenters. The van der Waals surface area contributed by atoms with Gasteiger partial charge in [-0.3, -0.25) is 9.59 Å². The van der Waals surface area contributed by atoms with Gasteiger partial charge in [0, 0.05) is 6.04 Å². The van der Waals surface area contributed by atoms with Crippen LogP contribution in [-0.2, 0) is 15.0 Å². The molecule has 0 spiro atoms. The molecular weight excluding hydrogens is 266 g/mol. The Morgan fingerprint density at radius 1 is 1.19 bits per heavy atom. The molecule has 0 bridgehead atoms. The summed E-state index contributed by atoms with van der Waals surface area (Å²) in [5.41, 5.74) is 0.554. The molecule has 0 saturated heterocycles. The largest absolute Gasteiger partial charge is 0.481 e. The molecule has 2 aliphatic carbocycles. The highest BCUT2D eigenvalue weighted by molar-refractivity contribution is 5.93. The molecule has 1 amide bonds. The summed E-state index contributed by atoms with van der Waals surface area (Å²) in [5, 5.41) is 12.0. The van der Waals surface area contributed by atoms with E-state index in [0.717, 1.165) is 12.0 Å². The first-order valence-corrected chi connectivity index (χ1v) is 7.46. The van der Waals surface area contributed by atoms with E-state index in [1.54, 1.807) is 0 Å². The Labute approximate surface area is 124 Å². The number of rotatable bonds is 4. The summed E-state index contributed by atoms with van der Waals surface area (Å²) in [6.45, 7) is 4.22. The number of benzene rings is 1. The lowest BCUT2D eigenvalue weighted by Crippen LogP contribution is -2.50. The van der Waals surface area contributed by atoms with Crippen LogP contribution in [0.25, 0.3) is 0 Å². The molecule has 0 unspecified atom stereocenters. The molecule has 2 saturated carbocycles. The summed E-state index contributed by atoms with van der Waals surface area (Å²) in [6.07, 6.45) is 1.93. The van der Waals surface area contributed by atoms with Gasteiger partial charge in [0.2, 0.25) is 5.91 Å². The number of carbonyl (C=O) groups excluding carboxylic acids is 1. The summed E-state index contributed by atoms with van der Waals surface area (Å²) < 4.78 is 0. The summed E-state index contributed by atoms with van der Waals surface area (Å²) in [6, 6.07) is 9.90. The van der Waals surface area contributed by atoms with Gasteiger partial charge < -0.3 is 10.4 Å². The van der Waals surface area contributed by atoms with Gasteiger partial charge in [0.25, 0.3) is 0 Å². The van der Waals surface area contributed by atoms with Crippen LogP contribution >= 0.6 is 0 Å². The van der Waals surface area contributed by atoms with Crippen molar-refractivity contribution in [2.24, 2.45) is 11.3 Å². The number of aliphatic carboxylic acids is 1. The molecule has 0 radical (unpaired) electrons. The molecule has 3 rings (SSSR count). The van der Waals surface area contributed by atoms with Crippen LogP contribution in [0.3, 0.4) is 0 Å². The maximum Gasteiger partial charge on any atom is 0.306 e. The summed E-state index contributed by atoms with van der Waals surface area (Å²) in [7, 11) is 0. The van der Waals surface area contributed by atoms with E-state index in [1.807, 2.05) is 30.3 Å². The van der Waals surface area contributed by atoms with Crippen LogP contribution in [0.15, 0.2) is 30.3 Å². The van der Waals surface area contributed by atoms with Gasteiger partial charge in [0.05, 0.1) is 11.3 Å². The Balaban J connectivity index is 1.72. The van der Waals surface area contributed by atoms with Crippen molar-refractivity contribution in [3.63, 3.8) is 0 Å². The van der Waals surface area contributed by atoms with E-state index >= 15 is 0 Å². The quantitative estimate of drug-likeness (QED) is 0.893. The van der Waals surface area contributed by atoms with Gasteiger partial charge in [-0.1, -0.05) is 44.2 Å². The molecule has 0 heterocycles. The first kappa shape index (κ1) is 14.1. The van der Waals surface area contributed by atoms with E-state index in [9.17, 15) is 9.59 Å². The van der Waals surface area contributed by atoms with Crippen molar-refractivity contribution in [1.82, 2.24) is 5.32 Å². The van der Waals surface area contributed by atoms with Crippen molar-refractivity contribution in [2.75, 3.05) is 0 Å². The van der Waals surface area contributed by atoms with Crippen LogP contribution in [0.1, 0.15) is 38.7 Å². The lowest BCUT2D eigenvalue weighted by molar-refractivity contribution is -0.146. The average molecular weight is 287 g/mol. The van der Waals surface area contributed by atoms with E-state index in [1.165, 1.54) is 0 Å². The zero-order valence-corrected chi connectivity index (χ0v) is 12.4. The van der Waals surface area contributed by atoms with Crippen molar-refractivity contribution in [3.05, 3.63) is 35.9 Å². The van der Waals surface area contributed by atoms with Crippen LogP contribution in [-0.4, -0.2) is 23.0 Å². The standard InChI is InChI=1S/C17H21NO3/c1-16(2)10-17(16,12-6-4-3-5-7-12)15(21)18-13-8-11(9-13)14(19)20/h3-7,11,13H,8-10H2,1-2H3,(H,18,21)(H,19,20)/t11?,13?,17-/m0/s1. The fourth-order valence-corrected chi connectivity index (χ4v) is 3.60. The van der Waals surface area contributed by atoms with Crippen molar-refractivity contribution >= 4 is 11.9 Å². The summed E-state index contributed by atoms with van der Waals surface area (Å²) in [5.74, 6) is -1.01. The Bertz CT molecular complexity index is 575. The third kappa shape index (κ3) is 2.13. The maximum absolute atomic E-state index is 12.8. The summed E-state index contributed by atoms with van der Waals surface area (Å²) >= 11 is 0. The maximum atomic E-state index is 12.8. The highest BCUT2D eigenvalue weighted by Gasteiger charge is 2.67. The monoisotopic (exact) mass is 287 g/mol. The van der Waals surface area contributed by atoms with Gasteiger partial charge >= 0.3 is 5.97 Å². The van der Waals surface area contributed by atoms with Gasteiger partial charge in [-0.2, -0.15) is 0 Å². The second-order valence-electron chi connectivity index (χ2n) is 7.01. The fraction of sp³-hybridized carbons (Fsp3) is 0.529. The first-order valence-electron chi connectivity index (χ1n) is 7.46. The van der Waals surface area contributed by atoms with Crippen molar-refractivity contribution in [3.8, 4) is 0 Å².